The molecular formula is C22H29NO3. The number of aliphatic hydroxyl groups excluding tert-OH is 1. The minimum Gasteiger partial charge on any atom is -0.493 e. The van der Waals surface area contributed by atoms with Crippen molar-refractivity contribution < 1.29 is 14.6 Å². The van der Waals surface area contributed by atoms with Gasteiger partial charge in [0.25, 0.3) is 0 Å². The Morgan fingerprint density at radius 3 is 2.58 bits per heavy atom. The summed E-state index contributed by atoms with van der Waals surface area (Å²) in [5.74, 6) is 1.50. The average molecular weight is 355 g/mol. The molecular weight excluding hydrogens is 326 g/mol. The molecule has 1 heterocycles. The zero-order valence-corrected chi connectivity index (χ0v) is 16.2. The van der Waals surface area contributed by atoms with Crippen LogP contribution in [0.15, 0.2) is 36.4 Å². The first-order valence-electron chi connectivity index (χ1n) is 9.24. The number of aryl methyl sites for hydroxylation is 2. The topological polar surface area (TPSA) is 41.9 Å². The van der Waals surface area contributed by atoms with Crippen LogP contribution in [0.2, 0.25) is 0 Å². The second-order valence-corrected chi connectivity index (χ2v) is 7.14. The zero-order chi connectivity index (χ0) is 18.7. The number of hydrogen-bond donors (Lipinski definition) is 1. The number of aliphatic hydroxyl groups is 1. The predicted octanol–water partition coefficient (Wildman–Crippen LogP) is 4.19. The summed E-state index contributed by atoms with van der Waals surface area (Å²) in [6.07, 6.45) is 1.75. The van der Waals surface area contributed by atoms with Crippen molar-refractivity contribution in [3.63, 3.8) is 0 Å². The van der Waals surface area contributed by atoms with Crippen LogP contribution in [0.25, 0.3) is 0 Å². The number of ether oxygens (including phenoxy) is 2. The van der Waals surface area contributed by atoms with Gasteiger partial charge in [-0.1, -0.05) is 29.8 Å². The molecule has 3 rings (SSSR count). The maximum atomic E-state index is 10.8. The minimum atomic E-state index is -0.476. The molecule has 0 spiro atoms. The van der Waals surface area contributed by atoms with Gasteiger partial charge in [-0.15, -0.1) is 0 Å². The molecule has 1 saturated heterocycles. The number of β-amino-alcohol motifs (C(OH)–C–C–N with tert-alkyl or cyclic N) is 1. The molecule has 0 radical (unpaired) electrons. The van der Waals surface area contributed by atoms with Crippen molar-refractivity contribution in [1.29, 1.82) is 0 Å². The summed E-state index contributed by atoms with van der Waals surface area (Å²) in [7, 11) is 3.32. The second-order valence-electron chi connectivity index (χ2n) is 7.14. The second kappa shape index (κ2) is 8.11. The fraction of sp³-hybridized carbons (Fsp3) is 0.455. The van der Waals surface area contributed by atoms with E-state index in [9.17, 15) is 5.11 Å². The molecule has 1 aliphatic heterocycles. The third-order valence-corrected chi connectivity index (χ3v) is 5.36. The van der Waals surface area contributed by atoms with Crippen LogP contribution < -0.4 is 9.47 Å². The Morgan fingerprint density at radius 1 is 1.08 bits per heavy atom. The molecule has 0 aliphatic carbocycles. The third-order valence-electron chi connectivity index (χ3n) is 5.36. The number of nitrogens with zero attached hydrogens (tertiary/aromatic N) is 1. The summed E-state index contributed by atoms with van der Waals surface area (Å²) in [5.41, 5.74) is 4.57. The van der Waals surface area contributed by atoms with Crippen molar-refractivity contribution in [3.8, 4) is 11.5 Å². The van der Waals surface area contributed by atoms with Crippen molar-refractivity contribution in [2.45, 2.75) is 38.8 Å². The summed E-state index contributed by atoms with van der Waals surface area (Å²) in [4.78, 5) is 2.38. The van der Waals surface area contributed by atoms with Gasteiger partial charge in [-0.3, -0.25) is 4.90 Å². The lowest BCUT2D eigenvalue weighted by molar-refractivity contribution is 0.105. The van der Waals surface area contributed by atoms with Gasteiger partial charge in [0.1, 0.15) is 0 Å². The summed E-state index contributed by atoms with van der Waals surface area (Å²) < 4.78 is 10.8. The number of rotatable bonds is 6. The lowest BCUT2D eigenvalue weighted by Crippen LogP contribution is -2.28. The fourth-order valence-corrected chi connectivity index (χ4v) is 3.92. The Balaban J connectivity index is 1.79. The maximum absolute atomic E-state index is 10.8. The summed E-state index contributed by atoms with van der Waals surface area (Å²) in [6, 6.07) is 12.7. The van der Waals surface area contributed by atoms with E-state index >= 15 is 0 Å². The number of methoxy groups -OCH3 is 2. The average Bonchev–Trinajstić information content (AvgIpc) is 3.11. The van der Waals surface area contributed by atoms with Crippen LogP contribution in [0.5, 0.6) is 11.5 Å². The van der Waals surface area contributed by atoms with Gasteiger partial charge in [-0.25, -0.2) is 0 Å². The van der Waals surface area contributed by atoms with E-state index in [-0.39, 0.29) is 0 Å². The molecule has 0 amide bonds. The minimum absolute atomic E-state index is 0.301. The van der Waals surface area contributed by atoms with Gasteiger partial charge >= 0.3 is 0 Å². The van der Waals surface area contributed by atoms with E-state index in [4.69, 9.17) is 9.47 Å². The molecule has 0 aromatic heterocycles. The molecule has 2 aromatic rings. The van der Waals surface area contributed by atoms with E-state index in [1.54, 1.807) is 14.2 Å². The van der Waals surface area contributed by atoms with Crippen LogP contribution in [-0.4, -0.2) is 37.3 Å². The van der Waals surface area contributed by atoms with Crippen LogP contribution in [0.1, 0.15) is 47.2 Å². The molecule has 26 heavy (non-hydrogen) atoms. The first-order chi connectivity index (χ1) is 12.5. The number of hydrogen-bond acceptors (Lipinski definition) is 4. The van der Waals surface area contributed by atoms with Crippen molar-refractivity contribution in [3.05, 3.63) is 58.7 Å². The first kappa shape index (κ1) is 18.7. The van der Waals surface area contributed by atoms with E-state index in [1.807, 2.05) is 6.07 Å². The van der Waals surface area contributed by atoms with Crippen LogP contribution >= 0.6 is 0 Å². The van der Waals surface area contributed by atoms with E-state index in [0.29, 0.717) is 12.6 Å². The first-order valence-corrected chi connectivity index (χ1v) is 9.24. The molecule has 2 aromatic carbocycles. The Kier molecular flexibility index (Phi) is 5.84. The largest absolute Gasteiger partial charge is 0.493 e. The highest BCUT2D eigenvalue weighted by Crippen LogP contribution is 2.37. The van der Waals surface area contributed by atoms with Crippen LogP contribution in [0.3, 0.4) is 0 Å². The van der Waals surface area contributed by atoms with Crippen LogP contribution in [-0.2, 0) is 0 Å². The van der Waals surface area contributed by atoms with E-state index in [1.165, 1.54) is 11.1 Å². The van der Waals surface area contributed by atoms with Gasteiger partial charge in [-0.2, -0.15) is 0 Å². The number of likely N-dealkylation sites (tertiary alicyclic amines) is 1. The van der Waals surface area contributed by atoms with E-state index in [2.05, 4.69) is 49.1 Å². The SMILES string of the molecule is COc1ccc(C2CCCN2CC(O)c2cc(C)ccc2C)cc1OC. The smallest absolute Gasteiger partial charge is 0.161 e. The van der Waals surface area contributed by atoms with Gasteiger partial charge in [0.15, 0.2) is 11.5 Å². The van der Waals surface area contributed by atoms with Gasteiger partial charge in [-0.05, 0) is 62.1 Å². The van der Waals surface area contributed by atoms with Crippen molar-refractivity contribution >= 4 is 0 Å². The Hall–Kier alpha value is -2.04. The third kappa shape index (κ3) is 3.87. The Morgan fingerprint density at radius 2 is 1.85 bits per heavy atom. The monoisotopic (exact) mass is 355 g/mol. The molecule has 2 atom stereocenters. The quantitative estimate of drug-likeness (QED) is 0.844. The normalized spacial score (nSPS) is 18.7. The molecule has 0 saturated carbocycles. The standard InChI is InChI=1S/C22H29NO3/c1-15-7-8-16(2)18(12-15)20(24)14-23-11-5-6-19(23)17-9-10-21(25-3)22(13-17)26-4/h7-10,12-13,19-20,24H,5-6,11,14H2,1-4H3. The molecule has 1 N–H and O–H groups in total. The molecule has 4 nitrogen and oxygen atoms in total. The highest BCUT2D eigenvalue weighted by molar-refractivity contribution is 5.44. The van der Waals surface area contributed by atoms with Crippen LogP contribution in [0.4, 0.5) is 0 Å². The van der Waals surface area contributed by atoms with Gasteiger partial charge < -0.3 is 14.6 Å². The Labute approximate surface area is 156 Å². The van der Waals surface area contributed by atoms with Crippen LogP contribution in [0, 0.1) is 13.8 Å². The number of benzene rings is 2. The van der Waals surface area contributed by atoms with Crippen molar-refractivity contribution in [2.75, 3.05) is 27.3 Å². The molecule has 0 bridgehead atoms. The zero-order valence-electron chi connectivity index (χ0n) is 16.2. The predicted molar refractivity (Wildman–Crippen MR) is 104 cm³/mol. The summed E-state index contributed by atoms with van der Waals surface area (Å²) >= 11 is 0. The maximum Gasteiger partial charge on any atom is 0.161 e. The molecule has 4 heteroatoms. The highest BCUT2D eigenvalue weighted by Gasteiger charge is 2.29. The summed E-state index contributed by atoms with van der Waals surface area (Å²) in [5, 5.41) is 10.8. The molecule has 1 aliphatic rings. The highest BCUT2D eigenvalue weighted by atomic mass is 16.5. The molecule has 1 fully saturated rings. The lowest BCUT2D eigenvalue weighted by Gasteiger charge is -2.28. The molecule has 2 unspecified atom stereocenters. The molecule has 140 valence electrons. The van der Waals surface area contributed by atoms with Gasteiger partial charge in [0.05, 0.1) is 20.3 Å². The van der Waals surface area contributed by atoms with E-state index < -0.39 is 6.10 Å². The van der Waals surface area contributed by atoms with Crippen molar-refractivity contribution in [1.82, 2.24) is 4.90 Å². The van der Waals surface area contributed by atoms with Gasteiger partial charge in [0, 0.05) is 12.6 Å². The lowest BCUT2D eigenvalue weighted by atomic mass is 9.99. The Bertz CT molecular complexity index is 759. The van der Waals surface area contributed by atoms with Crippen molar-refractivity contribution in [2.24, 2.45) is 0 Å². The summed E-state index contributed by atoms with van der Waals surface area (Å²) in [6.45, 7) is 5.77. The fourth-order valence-electron chi connectivity index (χ4n) is 3.92. The van der Waals surface area contributed by atoms with Gasteiger partial charge in [0.2, 0.25) is 0 Å². The van der Waals surface area contributed by atoms with E-state index in [0.717, 1.165) is 42.0 Å².